The van der Waals surface area contributed by atoms with Crippen LogP contribution < -0.4 is 5.32 Å². The molecule has 102 valence electrons. The maximum atomic E-state index is 12.1. The summed E-state index contributed by atoms with van der Waals surface area (Å²) >= 11 is 3.39. The van der Waals surface area contributed by atoms with Crippen LogP contribution >= 0.6 is 15.9 Å². The number of aliphatic carboxylic acids is 1. The Morgan fingerprint density at radius 3 is 2.42 bits per heavy atom. The van der Waals surface area contributed by atoms with Gasteiger partial charge in [0.05, 0.1) is 11.8 Å². The monoisotopic (exact) mass is 325 g/mol. The van der Waals surface area contributed by atoms with Crippen LogP contribution in [0, 0.1) is 24.2 Å². The lowest BCUT2D eigenvalue weighted by Gasteiger charge is -2.07. The van der Waals surface area contributed by atoms with Crippen LogP contribution in [0.1, 0.15) is 19.4 Å². The lowest BCUT2D eigenvalue weighted by atomic mass is 10.1. The number of carbonyl (C=O) groups is 2. The molecule has 0 spiro atoms. The maximum Gasteiger partial charge on any atom is 0.307 e. The van der Waals surface area contributed by atoms with Gasteiger partial charge in [0.2, 0.25) is 5.91 Å². The van der Waals surface area contributed by atoms with Crippen LogP contribution in [0.2, 0.25) is 0 Å². The van der Waals surface area contributed by atoms with Crippen molar-refractivity contribution in [3.63, 3.8) is 0 Å². The molecule has 4 nitrogen and oxygen atoms in total. The molecule has 0 unspecified atom stereocenters. The molecule has 2 atom stereocenters. The Balaban J connectivity index is 2.10. The summed E-state index contributed by atoms with van der Waals surface area (Å²) in [5, 5.41) is 11.9. The highest BCUT2D eigenvalue weighted by Crippen LogP contribution is 2.58. The Bertz CT molecular complexity index is 554. The van der Waals surface area contributed by atoms with Crippen LogP contribution in [-0.2, 0) is 9.59 Å². The second-order valence-corrected chi connectivity index (χ2v) is 6.42. The Labute approximate surface area is 120 Å². The summed E-state index contributed by atoms with van der Waals surface area (Å²) in [7, 11) is 0. The molecule has 1 aliphatic rings. The summed E-state index contributed by atoms with van der Waals surface area (Å²) < 4.78 is 0.973. The molecule has 2 rings (SSSR count). The highest BCUT2D eigenvalue weighted by Gasteiger charge is 2.65. The van der Waals surface area contributed by atoms with Crippen molar-refractivity contribution in [3.05, 3.63) is 28.2 Å². The molecule has 19 heavy (non-hydrogen) atoms. The first-order valence-corrected chi connectivity index (χ1v) is 6.84. The normalized spacial score (nSPS) is 23.8. The van der Waals surface area contributed by atoms with E-state index in [4.69, 9.17) is 5.11 Å². The van der Waals surface area contributed by atoms with E-state index in [2.05, 4.69) is 21.2 Å². The van der Waals surface area contributed by atoms with Crippen molar-refractivity contribution in [3.8, 4) is 0 Å². The quantitative estimate of drug-likeness (QED) is 0.897. The minimum Gasteiger partial charge on any atom is -0.481 e. The van der Waals surface area contributed by atoms with Crippen molar-refractivity contribution in [1.82, 2.24) is 0 Å². The number of hydrogen-bond acceptors (Lipinski definition) is 2. The number of anilines is 1. The molecule has 1 saturated carbocycles. The predicted molar refractivity (Wildman–Crippen MR) is 75.9 cm³/mol. The minimum absolute atomic E-state index is 0.223. The van der Waals surface area contributed by atoms with E-state index in [1.165, 1.54) is 0 Å². The van der Waals surface area contributed by atoms with Crippen LogP contribution in [0.25, 0.3) is 0 Å². The van der Waals surface area contributed by atoms with Crippen molar-refractivity contribution < 1.29 is 14.7 Å². The zero-order valence-corrected chi connectivity index (χ0v) is 12.6. The number of halogens is 1. The highest BCUT2D eigenvalue weighted by molar-refractivity contribution is 9.10. The lowest BCUT2D eigenvalue weighted by Crippen LogP contribution is -2.17. The molecule has 1 amide bonds. The van der Waals surface area contributed by atoms with E-state index in [1.54, 1.807) is 6.07 Å². The van der Waals surface area contributed by atoms with Gasteiger partial charge in [-0.1, -0.05) is 29.8 Å². The summed E-state index contributed by atoms with van der Waals surface area (Å²) in [5.41, 5.74) is 1.24. The van der Waals surface area contributed by atoms with E-state index in [1.807, 2.05) is 32.9 Å². The number of carbonyl (C=O) groups excluding carboxylic acids is 1. The van der Waals surface area contributed by atoms with E-state index < -0.39 is 23.2 Å². The molecule has 0 aromatic heterocycles. The third kappa shape index (κ3) is 2.52. The van der Waals surface area contributed by atoms with Gasteiger partial charge in [-0.25, -0.2) is 0 Å². The molecule has 2 N–H and O–H groups in total. The predicted octanol–water partition coefficient (Wildman–Crippen LogP) is 3.05. The smallest absolute Gasteiger partial charge is 0.307 e. The van der Waals surface area contributed by atoms with Crippen LogP contribution in [0.5, 0.6) is 0 Å². The third-order valence-electron chi connectivity index (χ3n) is 3.80. The van der Waals surface area contributed by atoms with Gasteiger partial charge in [-0.15, -0.1) is 0 Å². The lowest BCUT2D eigenvalue weighted by molar-refractivity contribution is -0.140. The zero-order chi connectivity index (χ0) is 14.4. The second-order valence-electron chi connectivity index (χ2n) is 5.57. The molecule has 1 aliphatic carbocycles. The third-order valence-corrected chi connectivity index (χ3v) is 4.69. The number of carboxylic acid groups (broad SMARTS) is 1. The molecule has 1 aromatic carbocycles. The van der Waals surface area contributed by atoms with Crippen LogP contribution in [-0.4, -0.2) is 17.0 Å². The number of aryl methyl sites for hydroxylation is 1. The van der Waals surface area contributed by atoms with E-state index in [9.17, 15) is 9.59 Å². The van der Waals surface area contributed by atoms with Gasteiger partial charge in [0, 0.05) is 10.2 Å². The van der Waals surface area contributed by atoms with Crippen LogP contribution in [0.15, 0.2) is 22.7 Å². The summed E-state index contributed by atoms with van der Waals surface area (Å²) in [4.78, 5) is 23.2. The van der Waals surface area contributed by atoms with Crippen LogP contribution in [0.3, 0.4) is 0 Å². The van der Waals surface area contributed by atoms with Crippen LogP contribution in [0.4, 0.5) is 5.69 Å². The number of amides is 1. The first-order chi connectivity index (χ1) is 8.75. The number of rotatable bonds is 3. The van der Waals surface area contributed by atoms with E-state index in [0.29, 0.717) is 5.69 Å². The molecular formula is C14H16BrNO3. The fourth-order valence-corrected chi connectivity index (χ4v) is 2.78. The summed E-state index contributed by atoms with van der Waals surface area (Å²) in [6, 6.07) is 5.50. The molecule has 0 saturated heterocycles. The van der Waals surface area contributed by atoms with Gasteiger partial charge in [0.1, 0.15) is 0 Å². The maximum absolute atomic E-state index is 12.1. The zero-order valence-electron chi connectivity index (χ0n) is 11.0. The Morgan fingerprint density at radius 1 is 1.32 bits per heavy atom. The molecule has 0 aliphatic heterocycles. The van der Waals surface area contributed by atoms with Crippen molar-refractivity contribution in [2.24, 2.45) is 17.3 Å². The Kier molecular flexibility index (Phi) is 3.43. The minimum atomic E-state index is -0.905. The Morgan fingerprint density at radius 2 is 1.95 bits per heavy atom. The first-order valence-electron chi connectivity index (χ1n) is 6.05. The van der Waals surface area contributed by atoms with Crippen molar-refractivity contribution in [2.75, 3.05) is 5.32 Å². The van der Waals surface area contributed by atoms with Gasteiger partial charge >= 0.3 is 5.97 Å². The van der Waals surface area contributed by atoms with Gasteiger partial charge in [0.25, 0.3) is 0 Å². The molecule has 1 aromatic rings. The van der Waals surface area contributed by atoms with Gasteiger partial charge in [-0.05, 0) is 36.1 Å². The van der Waals surface area contributed by atoms with Crippen molar-refractivity contribution >= 4 is 33.5 Å². The summed E-state index contributed by atoms with van der Waals surface area (Å²) in [5.74, 6) is -2.19. The molecule has 1 fully saturated rings. The second kappa shape index (κ2) is 4.63. The van der Waals surface area contributed by atoms with E-state index in [-0.39, 0.29) is 5.91 Å². The van der Waals surface area contributed by atoms with Gasteiger partial charge in [-0.2, -0.15) is 0 Å². The van der Waals surface area contributed by atoms with E-state index in [0.717, 1.165) is 10.0 Å². The number of hydrogen-bond donors (Lipinski definition) is 2. The molecule has 0 heterocycles. The average molecular weight is 326 g/mol. The van der Waals surface area contributed by atoms with Crippen molar-refractivity contribution in [2.45, 2.75) is 20.8 Å². The summed E-state index contributed by atoms with van der Waals surface area (Å²) in [6.45, 7) is 5.55. The molecular weight excluding hydrogens is 310 g/mol. The number of benzene rings is 1. The average Bonchev–Trinajstić information content (AvgIpc) is 2.87. The standard InChI is InChI=1S/C14H16BrNO3/c1-7-6-8(4-5-9(7)15)16-12(17)10-11(13(18)19)14(10,2)3/h4-6,10-11H,1-3H3,(H,16,17)(H,18,19)/t10-,11+/m1/s1. The first kappa shape index (κ1) is 14.1. The van der Waals surface area contributed by atoms with E-state index >= 15 is 0 Å². The molecule has 5 heteroatoms. The topological polar surface area (TPSA) is 66.4 Å². The molecule has 0 bridgehead atoms. The Hall–Kier alpha value is -1.36. The number of carboxylic acids is 1. The van der Waals surface area contributed by atoms with Crippen molar-refractivity contribution in [1.29, 1.82) is 0 Å². The van der Waals surface area contributed by atoms with Gasteiger partial charge in [-0.3, -0.25) is 9.59 Å². The van der Waals surface area contributed by atoms with Gasteiger partial charge in [0.15, 0.2) is 0 Å². The SMILES string of the molecule is Cc1cc(NC(=O)[C@H]2[C@@H](C(=O)O)C2(C)C)ccc1Br. The number of nitrogens with one attached hydrogen (secondary N) is 1. The van der Waals surface area contributed by atoms with Gasteiger partial charge < -0.3 is 10.4 Å². The highest BCUT2D eigenvalue weighted by atomic mass is 79.9. The fraction of sp³-hybridized carbons (Fsp3) is 0.429. The fourth-order valence-electron chi connectivity index (χ4n) is 2.53. The molecule has 0 radical (unpaired) electrons. The largest absolute Gasteiger partial charge is 0.481 e. The summed E-state index contributed by atoms with van der Waals surface area (Å²) in [6.07, 6.45) is 0.